The third-order valence-electron chi connectivity index (χ3n) is 3.10. The standard InChI is InChI=1S/C10H16N2O3/c11-7-3-1-2-4-8(7)12-9(13)5-15-6-10(12)14/h7-8H,1-6,11H2. The topological polar surface area (TPSA) is 72.6 Å². The van der Waals surface area contributed by atoms with E-state index in [0.717, 1.165) is 25.7 Å². The number of morpholine rings is 1. The summed E-state index contributed by atoms with van der Waals surface area (Å²) in [7, 11) is 0. The van der Waals surface area contributed by atoms with Crippen LogP contribution in [0, 0.1) is 0 Å². The Morgan fingerprint density at radius 1 is 1.13 bits per heavy atom. The quantitative estimate of drug-likeness (QED) is 0.602. The number of carbonyl (C=O) groups excluding carboxylic acids is 2. The van der Waals surface area contributed by atoms with Crippen molar-refractivity contribution in [2.45, 2.75) is 37.8 Å². The lowest BCUT2D eigenvalue weighted by Crippen LogP contribution is -2.58. The molecule has 2 rings (SSSR count). The summed E-state index contributed by atoms with van der Waals surface area (Å²) < 4.78 is 4.87. The zero-order valence-electron chi connectivity index (χ0n) is 8.65. The van der Waals surface area contributed by atoms with Gasteiger partial charge in [-0.3, -0.25) is 14.5 Å². The highest BCUT2D eigenvalue weighted by Crippen LogP contribution is 2.23. The van der Waals surface area contributed by atoms with Crippen LogP contribution in [0.15, 0.2) is 0 Å². The maximum Gasteiger partial charge on any atom is 0.255 e. The molecule has 0 aromatic rings. The molecular weight excluding hydrogens is 196 g/mol. The predicted molar refractivity (Wildman–Crippen MR) is 52.9 cm³/mol. The van der Waals surface area contributed by atoms with Crippen LogP contribution in [0.4, 0.5) is 0 Å². The Morgan fingerprint density at radius 3 is 2.33 bits per heavy atom. The summed E-state index contributed by atoms with van der Waals surface area (Å²) in [5, 5.41) is 0. The second kappa shape index (κ2) is 4.28. The Bertz CT molecular complexity index is 264. The van der Waals surface area contributed by atoms with E-state index in [4.69, 9.17) is 10.5 Å². The summed E-state index contributed by atoms with van der Waals surface area (Å²) in [5.74, 6) is -0.484. The lowest BCUT2D eigenvalue weighted by atomic mass is 9.89. The van der Waals surface area contributed by atoms with Crippen LogP contribution in [-0.2, 0) is 14.3 Å². The van der Waals surface area contributed by atoms with Crippen molar-refractivity contribution in [3.8, 4) is 0 Å². The van der Waals surface area contributed by atoms with E-state index >= 15 is 0 Å². The second-order valence-corrected chi connectivity index (χ2v) is 4.17. The van der Waals surface area contributed by atoms with Gasteiger partial charge in [0.25, 0.3) is 11.8 Å². The third kappa shape index (κ3) is 2.03. The van der Waals surface area contributed by atoms with E-state index in [1.807, 2.05) is 0 Å². The van der Waals surface area contributed by atoms with Crippen molar-refractivity contribution in [1.29, 1.82) is 0 Å². The van der Waals surface area contributed by atoms with Gasteiger partial charge in [0, 0.05) is 6.04 Å². The number of ether oxygens (including phenoxy) is 1. The van der Waals surface area contributed by atoms with Crippen LogP contribution in [0.25, 0.3) is 0 Å². The van der Waals surface area contributed by atoms with Crippen molar-refractivity contribution in [3.05, 3.63) is 0 Å². The van der Waals surface area contributed by atoms with Crippen molar-refractivity contribution in [2.24, 2.45) is 5.73 Å². The number of hydrogen-bond acceptors (Lipinski definition) is 4. The molecule has 0 bridgehead atoms. The summed E-state index contributed by atoms with van der Waals surface area (Å²) in [6, 6.07) is -0.174. The molecule has 2 fully saturated rings. The summed E-state index contributed by atoms with van der Waals surface area (Å²) >= 11 is 0. The molecule has 1 heterocycles. The van der Waals surface area contributed by atoms with Gasteiger partial charge in [0.05, 0.1) is 6.04 Å². The molecule has 5 heteroatoms. The van der Waals surface area contributed by atoms with E-state index in [-0.39, 0.29) is 37.1 Å². The first-order chi connectivity index (χ1) is 7.20. The molecule has 5 nitrogen and oxygen atoms in total. The normalized spacial score (nSPS) is 33.3. The second-order valence-electron chi connectivity index (χ2n) is 4.17. The smallest absolute Gasteiger partial charge is 0.255 e. The number of imide groups is 1. The van der Waals surface area contributed by atoms with Gasteiger partial charge >= 0.3 is 0 Å². The van der Waals surface area contributed by atoms with Crippen molar-refractivity contribution in [2.75, 3.05) is 13.2 Å². The predicted octanol–water partition coefficient (Wildman–Crippen LogP) is -0.358. The number of rotatable bonds is 1. The minimum absolute atomic E-state index is 0.00889. The fraction of sp³-hybridized carbons (Fsp3) is 0.800. The van der Waals surface area contributed by atoms with Crippen LogP contribution in [-0.4, -0.2) is 42.0 Å². The van der Waals surface area contributed by atoms with Crippen LogP contribution in [0.5, 0.6) is 0 Å². The van der Waals surface area contributed by atoms with E-state index in [2.05, 4.69) is 0 Å². The van der Waals surface area contributed by atoms with E-state index in [1.54, 1.807) is 0 Å². The average Bonchev–Trinajstić information content (AvgIpc) is 2.20. The van der Waals surface area contributed by atoms with Crippen molar-refractivity contribution in [3.63, 3.8) is 0 Å². The van der Waals surface area contributed by atoms with E-state index < -0.39 is 0 Å². The highest BCUT2D eigenvalue weighted by molar-refractivity contribution is 5.98. The molecule has 2 atom stereocenters. The van der Waals surface area contributed by atoms with Gasteiger partial charge in [-0.1, -0.05) is 12.8 Å². The summed E-state index contributed by atoms with van der Waals surface area (Å²) in [6.45, 7) is 0.0178. The third-order valence-corrected chi connectivity index (χ3v) is 3.10. The van der Waals surface area contributed by atoms with Gasteiger partial charge in [0.1, 0.15) is 13.2 Å². The zero-order chi connectivity index (χ0) is 10.8. The van der Waals surface area contributed by atoms with Gasteiger partial charge in [0.15, 0.2) is 0 Å². The molecule has 2 aliphatic rings. The molecule has 0 radical (unpaired) electrons. The molecule has 2 N–H and O–H groups in total. The summed E-state index contributed by atoms with van der Waals surface area (Å²) in [6.07, 6.45) is 3.85. The van der Waals surface area contributed by atoms with Crippen molar-refractivity contribution in [1.82, 2.24) is 4.90 Å². The first-order valence-electron chi connectivity index (χ1n) is 5.38. The Morgan fingerprint density at radius 2 is 1.73 bits per heavy atom. The number of nitrogens with two attached hydrogens (primary N) is 1. The maximum absolute atomic E-state index is 11.6. The van der Waals surface area contributed by atoms with Crippen LogP contribution in [0.1, 0.15) is 25.7 Å². The Kier molecular flexibility index (Phi) is 3.02. The molecule has 2 amide bonds. The molecule has 84 valence electrons. The van der Waals surface area contributed by atoms with Crippen molar-refractivity contribution >= 4 is 11.8 Å². The molecule has 1 saturated carbocycles. The SMILES string of the molecule is NC1CCCCC1N1C(=O)COCC1=O. The van der Waals surface area contributed by atoms with E-state index in [0.29, 0.717) is 0 Å². The van der Waals surface area contributed by atoms with E-state index in [1.165, 1.54) is 4.90 Å². The molecule has 1 aliphatic carbocycles. The zero-order valence-corrected chi connectivity index (χ0v) is 8.65. The monoisotopic (exact) mass is 212 g/mol. The first kappa shape index (κ1) is 10.6. The van der Waals surface area contributed by atoms with Crippen LogP contribution >= 0.6 is 0 Å². The van der Waals surface area contributed by atoms with Gasteiger partial charge in [0.2, 0.25) is 0 Å². The van der Waals surface area contributed by atoms with Gasteiger partial charge < -0.3 is 10.5 Å². The van der Waals surface area contributed by atoms with Gasteiger partial charge in [-0.05, 0) is 12.8 Å². The minimum Gasteiger partial charge on any atom is -0.362 e. The molecule has 0 spiro atoms. The molecule has 1 saturated heterocycles. The number of nitrogens with zero attached hydrogens (tertiary/aromatic N) is 1. The summed E-state index contributed by atoms with van der Waals surface area (Å²) in [5.41, 5.74) is 5.95. The highest BCUT2D eigenvalue weighted by atomic mass is 16.5. The van der Waals surface area contributed by atoms with Crippen LogP contribution in [0.3, 0.4) is 0 Å². The van der Waals surface area contributed by atoms with Crippen LogP contribution < -0.4 is 5.73 Å². The lowest BCUT2D eigenvalue weighted by molar-refractivity contribution is -0.162. The van der Waals surface area contributed by atoms with Gasteiger partial charge in [-0.15, -0.1) is 0 Å². The Labute approximate surface area is 88.5 Å². The van der Waals surface area contributed by atoms with Gasteiger partial charge in [-0.2, -0.15) is 0 Å². The van der Waals surface area contributed by atoms with Crippen LogP contribution in [0.2, 0.25) is 0 Å². The summed E-state index contributed by atoms with van der Waals surface area (Å²) in [4.78, 5) is 24.5. The fourth-order valence-electron chi connectivity index (χ4n) is 2.33. The van der Waals surface area contributed by atoms with Gasteiger partial charge in [-0.25, -0.2) is 0 Å². The average molecular weight is 212 g/mol. The Balaban J connectivity index is 2.12. The number of carbonyl (C=O) groups is 2. The largest absolute Gasteiger partial charge is 0.362 e. The van der Waals surface area contributed by atoms with Crippen molar-refractivity contribution < 1.29 is 14.3 Å². The molecule has 2 unspecified atom stereocenters. The molecule has 0 aromatic heterocycles. The molecule has 0 aromatic carbocycles. The van der Waals surface area contributed by atoms with E-state index in [9.17, 15) is 9.59 Å². The Hall–Kier alpha value is -0.940. The molecule has 15 heavy (non-hydrogen) atoms. The first-order valence-corrected chi connectivity index (χ1v) is 5.38. The number of amides is 2. The molecular formula is C10H16N2O3. The maximum atomic E-state index is 11.6. The minimum atomic E-state index is -0.242. The lowest BCUT2D eigenvalue weighted by Gasteiger charge is -2.38. The molecule has 1 aliphatic heterocycles. The number of hydrogen-bond donors (Lipinski definition) is 1. The fourth-order valence-corrected chi connectivity index (χ4v) is 2.33. The highest BCUT2D eigenvalue weighted by Gasteiger charge is 2.37.